The molecule has 2 N–H and O–H groups in total. The summed E-state index contributed by atoms with van der Waals surface area (Å²) in [5, 5.41) is 7.00. The maximum atomic E-state index is 5.78. The summed E-state index contributed by atoms with van der Waals surface area (Å²) >= 11 is 5.78. The highest BCUT2D eigenvalue weighted by molar-refractivity contribution is 14.0. The number of pyridine rings is 1. The molecular formula is C18H24ClIN4O. The van der Waals surface area contributed by atoms with Crippen molar-refractivity contribution in [1.82, 2.24) is 15.6 Å². The molecule has 1 aromatic carbocycles. The zero-order valence-corrected chi connectivity index (χ0v) is 17.3. The van der Waals surface area contributed by atoms with Crippen LogP contribution in [0.5, 0.6) is 5.75 Å². The maximum Gasteiger partial charge on any atom is 0.191 e. The van der Waals surface area contributed by atoms with Gasteiger partial charge < -0.3 is 15.4 Å². The van der Waals surface area contributed by atoms with E-state index in [4.69, 9.17) is 16.3 Å². The molecule has 0 aliphatic heterocycles. The fourth-order valence-electron chi connectivity index (χ4n) is 2.05. The van der Waals surface area contributed by atoms with Crippen LogP contribution in [-0.4, -0.2) is 37.2 Å². The van der Waals surface area contributed by atoms with Gasteiger partial charge in [0, 0.05) is 19.3 Å². The molecule has 0 bridgehead atoms. The predicted molar refractivity (Wildman–Crippen MR) is 114 cm³/mol. The Balaban J connectivity index is 0.00000312. The molecule has 0 saturated heterocycles. The van der Waals surface area contributed by atoms with Crippen molar-refractivity contribution in [3.63, 3.8) is 0 Å². The molecule has 0 atom stereocenters. The van der Waals surface area contributed by atoms with Gasteiger partial charge in [0.1, 0.15) is 17.5 Å². The first kappa shape index (κ1) is 21.5. The van der Waals surface area contributed by atoms with Gasteiger partial charge in [-0.05, 0) is 37.1 Å². The van der Waals surface area contributed by atoms with Crippen LogP contribution >= 0.6 is 35.6 Å². The van der Waals surface area contributed by atoms with E-state index in [-0.39, 0.29) is 24.0 Å². The van der Waals surface area contributed by atoms with Crippen molar-refractivity contribution in [2.45, 2.75) is 13.3 Å². The Bertz CT molecular complexity index is 623. The van der Waals surface area contributed by atoms with Crippen LogP contribution in [0, 0.1) is 0 Å². The van der Waals surface area contributed by atoms with Crippen molar-refractivity contribution < 1.29 is 4.74 Å². The van der Waals surface area contributed by atoms with Gasteiger partial charge in [0.2, 0.25) is 0 Å². The lowest BCUT2D eigenvalue weighted by atomic mass is 10.2. The molecule has 0 spiro atoms. The number of nitrogens with zero attached hydrogens (tertiary/aromatic N) is 2. The third-order valence-electron chi connectivity index (χ3n) is 3.21. The minimum Gasteiger partial charge on any atom is -0.492 e. The van der Waals surface area contributed by atoms with E-state index in [9.17, 15) is 0 Å². The van der Waals surface area contributed by atoms with E-state index in [0.717, 1.165) is 30.2 Å². The van der Waals surface area contributed by atoms with Gasteiger partial charge in [-0.1, -0.05) is 35.9 Å². The van der Waals surface area contributed by atoms with Crippen LogP contribution in [0.2, 0.25) is 5.15 Å². The largest absolute Gasteiger partial charge is 0.492 e. The number of benzene rings is 1. The molecule has 0 fully saturated rings. The molecule has 25 heavy (non-hydrogen) atoms. The van der Waals surface area contributed by atoms with Crippen LogP contribution in [0.15, 0.2) is 53.7 Å². The third-order valence-corrected chi connectivity index (χ3v) is 3.43. The number of nitrogens with one attached hydrogen (secondary N) is 2. The predicted octanol–water partition coefficient (Wildman–Crippen LogP) is 3.53. The molecule has 5 nitrogen and oxygen atoms in total. The number of ether oxygens (including phenoxy) is 1. The Kier molecular flexibility index (Phi) is 11.0. The average molecular weight is 475 g/mol. The lowest BCUT2D eigenvalue weighted by Gasteiger charge is -2.12. The van der Waals surface area contributed by atoms with E-state index in [1.807, 2.05) is 43.3 Å². The monoisotopic (exact) mass is 474 g/mol. The number of hydrogen-bond donors (Lipinski definition) is 2. The van der Waals surface area contributed by atoms with Crippen molar-refractivity contribution >= 4 is 41.5 Å². The zero-order chi connectivity index (χ0) is 17.0. The summed E-state index contributed by atoms with van der Waals surface area (Å²) in [6.07, 6.45) is 2.60. The molecule has 0 unspecified atom stereocenters. The highest BCUT2D eigenvalue weighted by atomic mass is 127. The summed E-state index contributed by atoms with van der Waals surface area (Å²) in [5.74, 6) is 1.66. The van der Waals surface area contributed by atoms with E-state index in [1.165, 1.54) is 0 Å². The van der Waals surface area contributed by atoms with Gasteiger partial charge in [-0.2, -0.15) is 0 Å². The molecule has 1 aromatic heterocycles. The third kappa shape index (κ3) is 8.92. The number of para-hydroxylation sites is 1. The van der Waals surface area contributed by atoms with Gasteiger partial charge in [-0.3, -0.25) is 4.99 Å². The molecule has 0 aliphatic carbocycles. The summed E-state index contributed by atoms with van der Waals surface area (Å²) in [5.41, 5.74) is 1.12. The molecule has 0 amide bonds. The normalized spacial score (nSPS) is 10.7. The molecule has 7 heteroatoms. The van der Waals surface area contributed by atoms with Crippen molar-refractivity contribution in [1.29, 1.82) is 0 Å². The van der Waals surface area contributed by atoms with E-state index in [0.29, 0.717) is 24.8 Å². The second-order valence-corrected chi connectivity index (χ2v) is 5.48. The van der Waals surface area contributed by atoms with Gasteiger partial charge in [0.25, 0.3) is 0 Å². The summed E-state index contributed by atoms with van der Waals surface area (Å²) in [4.78, 5) is 8.63. The average Bonchev–Trinajstić information content (AvgIpc) is 2.61. The maximum absolute atomic E-state index is 5.78. The molecule has 1 heterocycles. The first-order valence-electron chi connectivity index (χ1n) is 8.08. The Morgan fingerprint density at radius 2 is 1.96 bits per heavy atom. The fourth-order valence-corrected chi connectivity index (χ4v) is 2.16. The fraction of sp³-hybridized carbons (Fsp3) is 0.333. The van der Waals surface area contributed by atoms with Crippen LogP contribution in [-0.2, 0) is 6.42 Å². The first-order valence-corrected chi connectivity index (χ1v) is 8.46. The van der Waals surface area contributed by atoms with Gasteiger partial charge in [0.05, 0.1) is 6.54 Å². The van der Waals surface area contributed by atoms with Crippen LogP contribution in [0.1, 0.15) is 12.5 Å². The van der Waals surface area contributed by atoms with Crippen molar-refractivity contribution in [3.8, 4) is 5.75 Å². The van der Waals surface area contributed by atoms with Crippen LogP contribution < -0.4 is 15.4 Å². The summed E-state index contributed by atoms with van der Waals surface area (Å²) < 4.78 is 5.65. The Morgan fingerprint density at radius 3 is 2.64 bits per heavy atom. The van der Waals surface area contributed by atoms with Gasteiger partial charge in [-0.15, -0.1) is 24.0 Å². The number of aliphatic imine (C=N–C) groups is 1. The minimum atomic E-state index is 0. The van der Waals surface area contributed by atoms with E-state index < -0.39 is 0 Å². The highest BCUT2D eigenvalue weighted by Gasteiger charge is 1.98. The standard InChI is InChI=1S/C18H23ClN4O.HI/c1-2-20-18(21-11-10-15-8-9-17(19)23-14-15)22-12-13-24-16-6-4-3-5-7-16;/h3-9,14H,2,10-13H2,1H3,(H2,20,21,22);1H. The van der Waals surface area contributed by atoms with Crippen molar-refractivity contribution in [2.75, 3.05) is 26.2 Å². The second-order valence-electron chi connectivity index (χ2n) is 5.09. The summed E-state index contributed by atoms with van der Waals surface area (Å²) in [6, 6.07) is 13.5. The Hall–Kier alpha value is -1.54. The van der Waals surface area contributed by atoms with Crippen LogP contribution in [0.3, 0.4) is 0 Å². The van der Waals surface area contributed by atoms with E-state index in [2.05, 4.69) is 20.6 Å². The van der Waals surface area contributed by atoms with Gasteiger partial charge >= 0.3 is 0 Å². The number of hydrogen-bond acceptors (Lipinski definition) is 3. The molecule has 136 valence electrons. The lowest BCUT2D eigenvalue weighted by Crippen LogP contribution is -2.39. The topological polar surface area (TPSA) is 58.5 Å². The molecule has 0 aliphatic rings. The van der Waals surface area contributed by atoms with Gasteiger partial charge in [-0.25, -0.2) is 4.98 Å². The van der Waals surface area contributed by atoms with E-state index in [1.54, 1.807) is 12.3 Å². The molecule has 2 aromatic rings. The number of rotatable bonds is 8. The summed E-state index contributed by atoms with van der Waals surface area (Å²) in [6.45, 7) is 4.80. The highest BCUT2D eigenvalue weighted by Crippen LogP contribution is 2.07. The smallest absolute Gasteiger partial charge is 0.191 e. The zero-order valence-electron chi connectivity index (χ0n) is 14.2. The molecular weight excluding hydrogens is 451 g/mol. The number of aromatic nitrogens is 1. The quantitative estimate of drug-likeness (QED) is 0.202. The minimum absolute atomic E-state index is 0. The second kappa shape index (κ2) is 12.8. The number of halogens is 2. The van der Waals surface area contributed by atoms with Crippen LogP contribution in [0.25, 0.3) is 0 Å². The van der Waals surface area contributed by atoms with Gasteiger partial charge in [0.15, 0.2) is 5.96 Å². The summed E-state index contributed by atoms with van der Waals surface area (Å²) in [7, 11) is 0. The Morgan fingerprint density at radius 1 is 1.16 bits per heavy atom. The van der Waals surface area contributed by atoms with Crippen LogP contribution in [0.4, 0.5) is 0 Å². The molecule has 0 saturated carbocycles. The lowest BCUT2D eigenvalue weighted by molar-refractivity contribution is 0.322. The van der Waals surface area contributed by atoms with Crippen molar-refractivity contribution in [3.05, 3.63) is 59.4 Å². The van der Waals surface area contributed by atoms with E-state index >= 15 is 0 Å². The first-order chi connectivity index (χ1) is 11.8. The molecule has 2 rings (SSSR count). The number of guanidine groups is 1. The Labute approximate surface area is 171 Å². The SMILES string of the molecule is CCNC(=NCCc1ccc(Cl)nc1)NCCOc1ccccc1.I. The molecule has 0 radical (unpaired) electrons. The van der Waals surface area contributed by atoms with Crippen molar-refractivity contribution in [2.24, 2.45) is 4.99 Å².